The standard InChI is InChI=1S/C7H4BrF2IN2O2/c8-2-3-1-4(5(9)10)7(13(14)15)12-6(3)11/h1,5H,2H2. The quantitative estimate of drug-likeness (QED) is 0.260. The Morgan fingerprint density at radius 2 is 2.27 bits per heavy atom. The molecule has 15 heavy (non-hydrogen) atoms. The van der Waals surface area contributed by atoms with Gasteiger partial charge in [-0.05, 0) is 16.0 Å². The minimum atomic E-state index is -2.90. The van der Waals surface area contributed by atoms with Crippen molar-refractivity contribution in [2.45, 2.75) is 11.8 Å². The maximum absolute atomic E-state index is 12.5. The highest BCUT2D eigenvalue weighted by molar-refractivity contribution is 14.1. The number of pyridine rings is 1. The topological polar surface area (TPSA) is 56.0 Å². The molecule has 0 aliphatic heterocycles. The summed E-state index contributed by atoms with van der Waals surface area (Å²) < 4.78 is 25.3. The maximum atomic E-state index is 12.5. The van der Waals surface area contributed by atoms with Crippen LogP contribution in [0.4, 0.5) is 14.6 Å². The Bertz CT molecular complexity index is 403. The molecule has 4 nitrogen and oxygen atoms in total. The van der Waals surface area contributed by atoms with E-state index < -0.39 is 22.7 Å². The van der Waals surface area contributed by atoms with E-state index in [9.17, 15) is 18.9 Å². The third-order valence-electron chi connectivity index (χ3n) is 1.61. The first-order chi connectivity index (χ1) is 6.97. The van der Waals surface area contributed by atoms with Gasteiger partial charge in [0.25, 0.3) is 6.43 Å². The van der Waals surface area contributed by atoms with Gasteiger partial charge in [0.05, 0.1) is 0 Å². The summed E-state index contributed by atoms with van der Waals surface area (Å²) in [6.45, 7) is 0. The molecule has 0 unspecified atom stereocenters. The molecule has 0 atom stereocenters. The zero-order chi connectivity index (χ0) is 11.6. The molecule has 0 saturated heterocycles. The van der Waals surface area contributed by atoms with E-state index in [-0.39, 0.29) is 0 Å². The van der Waals surface area contributed by atoms with E-state index in [4.69, 9.17) is 0 Å². The molecule has 0 aliphatic rings. The number of rotatable bonds is 3. The van der Waals surface area contributed by atoms with Crippen molar-refractivity contribution in [1.82, 2.24) is 4.98 Å². The Morgan fingerprint density at radius 1 is 1.67 bits per heavy atom. The van der Waals surface area contributed by atoms with Gasteiger partial charge in [0.15, 0.2) is 0 Å². The molecule has 0 radical (unpaired) electrons. The van der Waals surface area contributed by atoms with Crippen molar-refractivity contribution < 1.29 is 13.7 Å². The number of nitrogens with zero attached hydrogens (tertiary/aromatic N) is 2. The van der Waals surface area contributed by atoms with Gasteiger partial charge in [-0.25, -0.2) is 8.78 Å². The lowest BCUT2D eigenvalue weighted by Crippen LogP contribution is -2.03. The third-order valence-corrected chi connectivity index (χ3v) is 3.15. The van der Waals surface area contributed by atoms with Crippen LogP contribution in [0.25, 0.3) is 0 Å². The molecular formula is C7H4BrF2IN2O2. The number of hydrogen-bond acceptors (Lipinski definition) is 3. The maximum Gasteiger partial charge on any atom is 0.373 e. The van der Waals surface area contributed by atoms with Crippen molar-refractivity contribution in [3.8, 4) is 0 Å². The lowest BCUT2D eigenvalue weighted by Gasteiger charge is -2.03. The Morgan fingerprint density at radius 3 is 2.67 bits per heavy atom. The normalized spacial score (nSPS) is 10.7. The molecule has 8 heteroatoms. The molecule has 0 fully saturated rings. The summed E-state index contributed by atoms with van der Waals surface area (Å²) in [6.07, 6.45) is -2.90. The van der Waals surface area contributed by atoms with Crippen molar-refractivity contribution in [2.24, 2.45) is 0 Å². The number of aromatic nitrogens is 1. The summed E-state index contributed by atoms with van der Waals surface area (Å²) in [7, 11) is 0. The van der Waals surface area contributed by atoms with Crippen molar-refractivity contribution in [2.75, 3.05) is 0 Å². The van der Waals surface area contributed by atoms with Gasteiger partial charge < -0.3 is 10.1 Å². The van der Waals surface area contributed by atoms with Gasteiger partial charge in [0.1, 0.15) is 5.56 Å². The largest absolute Gasteiger partial charge is 0.373 e. The van der Waals surface area contributed by atoms with Crippen molar-refractivity contribution in [3.63, 3.8) is 0 Å². The monoisotopic (exact) mass is 392 g/mol. The lowest BCUT2D eigenvalue weighted by molar-refractivity contribution is -0.391. The van der Waals surface area contributed by atoms with E-state index in [1.54, 1.807) is 22.6 Å². The first kappa shape index (κ1) is 12.7. The second-order valence-corrected chi connectivity index (χ2v) is 4.13. The van der Waals surface area contributed by atoms with Crippen molar-refractivity contribution in [1.29, 1.82) is 0 Å². The number of nitro groups is 1. The fourth-order valence-corrected chi connectivity index (χ4v) is 2.47. The zero-order valence-corrected chi connectivity index (χ0v) is 10.8. The second kappa shape index (κ2) is 5.10. The smallest absolute Gasteiger partial charge is 0.358 e. The average molecular weight is 393 g/mol. The highest BCUT2D eigenvalue weighted by Crippen LogP contribution is 2.30. The Balaban J connectivity index is 3.38. The molecule has 0 aromatic carbocycles. The Labute approximate surface area is 105 Å². The van der Waals surface area contributed by atoms with E-state index in [1.807, 2.05) is 0 Å². The van der Waals surface area contributed by atoms with Crippen LogP contribution in [-0.4, -0.2) is 9.91 Å². The summed E-state index contributed by atoms with van der Waals surface area (Å²) in [5.41, 5.74) is -0.133. The Hall–Kier alpha value is -0.380. The van der Waals surface area contributed by atoms with E-state index >= 15 is 0 Å². The predicted molar refractivity (Wildman–Crippen MR) is 61.2 cm³/mol. The van der Waals surface area contributed by atoms with Crippen LogP contribution in [0, 0.1) is 13.8 Å². The molecule has 0 N–H and O–H groups in total. The number of alkyl halides is 3. The summed E-state index contributed by atoms with van der Waals surface area (Å²) in [4.78, 5) is 13.1. The molecular weight excluding hydrogens is 389 g/mol. The fourth-order valence-electron chi connectivity index (χ4n) is 0.942. The highest BCUT2D eigenvalue weighted by Gasteiger charge is 2.25. The lowest BCUT2D eigenvalue weighted by atomic mass is 10.2. The molecule has 82 valence electrons. The number of hydrogen-bond donors (Lipinski definition) is 0. The zero-order valence-electron chi connectivity index (χ0n) is 7.08. The van der Waals surface area contributed by atoms with Gasteiger partial charge in [-0.15, -0.1) is 0 Å². The van der Waals surface area contributed by atoms with Gasteiger partial charge >= 0.3 is 5.82 Å². The molecule has 0 bridgehead atoms. The fraction of sp³-hybridized carbons (Fsp3) is 0.286. The average Bonchev–Trinajstić information content (AvgIpc) is 2.16. The predicted octanol–water partition coefficient (Wildman–Crippen LogP) is 3.43. The van der Waals surface area contributed by atoms with Crippen LogP contribution in [0.2, 0.25) is 0 Å². The third kappa shape index (κ3) is 2.80. The first-order valence-corrected chi connectivity index (χ1v) is 5.85. The van der Waals surface area contributed by atoms with Gasteiger partial charge in [-0.1, -0.05) is 15.9 Å². The first-order valence-electron chi connectivity index (χ1n) is 3.65. The Kier molecular flexibility index (Phi) is 4.32. The molecule has 1 aromatic heterocycles. The van der Waals surface area contributed by atoms with E-state index in [2.05, 4.69) is 20.9 Å². The van der Waals surface area contributed by atoms with E-state index in [0.29, 0.717) is 14.6 Å². The van der Waals surface area contributed by atoms with Crippen LogP contribution >= 0.6 is 38.5 Å². The van der Waals surface area contributed by atoms with Gasteiger partial charge in [0, 0.05) is 33.5 Å². The van der Waals surface area contributed by atoms with E-state index in [0.717, 1.165) is 6.07 Å². The van der Waals surface area contributed by atoms with Crippen molar-refractivity contribution in [3.05, 3.63) is 31.0 Å². The second-order valence-electron chi connectivity index (χ2n) is 2.54. The summed E-state index contributed by atoms with van der Waals surface area (Å²) in [5, 5.41) is 10.8. The SMILES string of the molecule is O=[N+]([O-])c1nc(I)c(CBr)cc1C(F)F. The van der Waals surface area contributed by atoms with Crippen molar-refractivity contribution >= 4 is 44.3 Å². The van der Waals surface area contributed by atoms with Crippen LogP contribution in [0.3, 0.4) is 0 Å². The van der Waals surface area contributed by atoms with Crippen LogP contribution in [0.15, 0.2) is 6.07 Å². The van der Waals surface area contributed by atoms with Gasteiger partial charge in [-0.2, -0.15) is 0 Å². The molecule has 0 saturated carbocycles. The summed E-state index contributed by atoms with van der Waals surface area (Å²) >= 11 is 4.86. The van der Waals surface area contributed by atoms with Gasteiger partial charge in [-0.3, -0.25) is 0 Å². The molecule has 1 rings (SSSR count). The van der Waals surface area contributed by atoms with E-state index in [1.165, 1.54) is 0 Å². The number of halogens is 4. The molecule has 0 amide bonds. The van der Waals surface area contributed by atoms with Crippen LogP contribution in [0.5, 0.6) is 0 Å². The van der Waals surface area contributed by atoms with Crippen LogP contribution in [0.1, 0.15) is 17.6 Å². The molecule has 1 aromatic rings. The highest BCUT2D eigenvalue weighted by atomic mass is 127. The summed E-state index contributed by atoms with van der Waals surface area (Å²) in [6, 6.07) is 1.10. The summed E-state index contributed by atoms with van der Waals surface area (Å²) in [5.74, 6) is -0.779. The molecule has 1 heterocycles. The molecule has 0 aliphatic carbocycles. The van der Waals surface area contributed by atoms with Crippen LogP contribution < -0.4 is 0 Å². The van der Waals surface area contributed by atoms with Crippen LogP contribution in [-0.2, 0) is 5.33 Å². The minimum absolute atomic E-state index is 0.329. The van der Waals surface area contributed by atoms with Gasteiger partial charge in [0.2, 0.25) is 3.70 Å². The molecule has 0 spiro atoms. The minimum Gasteiger partial charge on any atom is -0.358 e.